The van der Waals surface area contributed by atoms with Gasteiger partial charge in [0.25, 0.3) is 5.91 Å². The van der Waals surface area contributed by atoms with Crippen molar-refractivity contribution in [3.05, 3.63) is 29.3 Å². The molecule has 0 saturated carbocycles. The summed E-state index contributed by atoms with van der Waals surface area (Å²) in [6, 6.07) is 5.94. The number of likely N-dealkylation sites (tertiary alicyclic amines) is 1. The van der Waals surface area contributed by atoms with E-state index in [-0.39, 0.29) is 11.9 Å². The first kappa shape index (κ1) is 15.6. The lowest BCUT2D eigenvalue weighted by Crippen LogP contribution is -2.53. The number of nitrogens with zero attached hydrogens (tertiary/aromatic N) is 3. The first-order valence-electron chi connectivity index (χ1n) is 8.06. The largest absolute Gasteiger partial charge is 0.465 e. The molecule has 2 aliphatic rings. The van der Waals surface area contributed by atoms with Gasteiger partial charge in [-0.3, -0.25) is 4.79 Å². The fourth-order valence-corrected chi connectivity index (χ4v) is 3.50. The van der Waals surface area contributed by atoms with E-state index in [1.165, 1.54) is 4.90 Å². The first-order valence-corrected chi connectivity index (χ1v) is 8.06. The van der Waals surface area contributed by atoms with Gasteiger partial charge in [-0.25, -0.2) is 4.79 Å². The summed E-state index contributed by atoms with van der Waals surface area (Å²) in [5.74, 6) is 0.0359. The second-order valence-corrected chi connectivity index (χ2v) is 6.51. The second kappa shape index (κ2) is 6.10. The summed E-state index contributed by atoms with van der Waals surface area (Å²) in [5.41, 5.74) is 2.94. The molecule has 1 atom stereocenters. The van der Waals surface area contributed by atoms with Crippen LogP contribution in [-0.4, -0.2) is 66.7 Å². The van der Waals surface area contributed by atoms with Crippen LogP contribution in [0.2, 0.25) is 0 Å². The van der Waals surface area contributed by atoms with Gasteiger partial charge in [-0.05, 0) is 43.0 Å². The molecule has 124 valence electrons. The van der Waals surface area contributed by atoms with E-state index in [2.05, 4.69) is 6.07 Å². The van der Waals surface area contributed by atoms with Crippen LogP contribution in [0.15, 0.2) is 18.2 Å². The van der Waals surface area contributed by atoms with Crippen molar-refractivity contribution in [1.29, 1.82) is 0 Å². The molecule has 1 saturated heterocycles. The third-order valence-electron chi connectivity index (χ3n) is 4.83. The fraction of sp³-hybridized carbons (Fsp3) is 0.529. The summed E-state index contributed by atoms with van der Waals surface area (Å²) in [6.07, 6.45) is 1.62. The zero-order valence-corrected chi connectivity index (χ0v) is 13.7. The molecule has 0 unspecified atom stereocenters. The molecule has 6 heteroatoms. The number of benzene rings is 1. The molecule has 1 fully saturated rings. The van der Waals surface area contributed by atoms with Gasteiger partial charge >= 0.3 is 6.09 Å². The predicted molar refractivity (Wildman–Crippen MR) is 88.1 cm³/mol. The Balaban J connectivity index is 1.79. The highest BCUT2D eigenvalue weighted by molar-refractivity contribution is 5.97. The Kier molecular flexibility index (Phi) is 4.15. The molecular formula is C17H23N3O3. The van der Waals surface area contributed by atoms with Crippen molar-refractivity contribution >= 4 is 17.7 Å². The molecule has 0 aromatic heterocycles. The van der Waals surface area contributed by atoms with Crippen LogP contribution in [0.1, 0.15) is 28.8 Å². The summed E-state index contributed by atoms with van der Waals surface area (Å²) in [7, 11) is 3.97. The minimum absolute atomic E-state index is 0.00553. The fourth-order valence-electron chi connectivity index (χ4n) is 3.50. The topological polar surface area (TPSA) is 64.1 Å². The van der Waals surface area contributed by atoms with Gasteiger partial charge in [0.05, 0.1) is 0 Å². The lowest BCUT2D eigenvalue weighted by molar-refractivity contribution is 0.0518. The molecule has 2 heterocycles. The molecule has 2 amide bonds. The van der Waals surface area contributed by atoms with Gasteiger partial charge in [-0.1, -0.05) is 0 Å². The predicted octanol–water partition coefficient (Wildman–Crippen LogP) is 1.89. The first-order chi connectivity index (χ1) is 11.0. The third kappa shape index (κ3) is 2.98. The number of fused-ring (bicyclic) bond motifs is 1. The van der Waals surface area contributed by atoms with Crippen LogP contribution >= 0.6 is 0 Å². The average molecular weight is 317 g/mol. The number of piperidine rings is 1. The quantitative estimate of drug-likeness (QED) is 0.905. The molecule has 23 heavy (non-hydrogen) atoms. The standard InChI is InChI=1S/C17H23N3O3/c1-18(2)13-5-6-15-12(10-13)7-9-20(16(15)21)14-4-3-8-19(11-14)17(22)23/h5-6,10,14H,3-4,7-9,11H2,1-2H3,(H,22,23)/t14-/m1/s1. The van der Waals surface area contributed by atoms with E-state index in [9.17, 15) is 14.7 Å². The Labute approximate surface area is 136 Å². The molecule has 2 aliphatic heterocycles. The molecule has 3 rings (SSSR count). The summed E-state index contributed by atoms with van der Waals surface area (Å²) in [6.45, 7) is 1.66. The van der Waals surface area contributed by atoms with E-state index in [0.29, 0.717) is 19.6 Å². The number of carbonyl (C=O) groups excluding carboxylic acids is 1. The van der Waals surface area contributed by atoms with Gasteiger partial charge in [0.1, 0.15) is 0 Å². The molecule has 0 radical (unpaired) electrons. The molecule has 1 aromatic carbocycles. The summed E-state index contributed by atoms with van der Waals surface area (Å²) < 4.78 is 0. The Morgan fingerprint density at radius 2 is 2.09 bits per heavy atom. The minimum Gasteiger partial charge on any atom is -0.465 e. The van der Waals surface area contributed by atoms with E-state index >= 15 is 0 Å². The third-order valence-corrected chi connectivity index (χ3v) is 4.83. The number of carbonyl (C=O) groups is 2. The zero-order valence-electron chi connectivity index (χ0n) is 13.7. The van der Waals surface area contributed by atoms with Crippen LogP contribution in [0.4, 0.5) is 10.5 Å². The minimum atomic E-state index is -0.893. The number of carboxylic acid groups (broad SMARTS) is 1. The molecule has 6 nitrogen and oxygen atoms in total. The Morgan fingerprint density at radius 1 is 1.30 bits per heavy atom. The number of amides is 2. The maximum absolute atomic E-state index is 12.8. The van der Waals surface area contributed by atoms with E-state index in [1.807, 2.05) is 36.0 Å². The summed E-state index contributed by atoms with van der Waals surface area (Å²) in [5, 5.41) is 9.18. The van der Waals surface area contributed by atoms with Gasteiger partial charge in [-0.2, -0.15) is 0 Å². The molecule has 1 aromatic rings. The number of hydrogen-bond acceptors (Lipinski definition) is 3. The number of anilines is 1. The van der Waals surface area contributed by atoms with Gasteiger partial charge in [0, 0.05) is 51.0 Å². The van der Waals surface area contributed by atoms with Crippen LogP contribution in [0.3, 0.4) is 0 Å². The van der Waals surface area contributed by atoms with Crippen molar-refractivity contribution in [2.45, 2.75) is 25.3 Å². The average Bonchev–Trinajstić information content (AvgIpc) is 2.55. The van der Waals surface area contributed by atoms with Crippen molar-refractivity contribution in [3.63, 3.8) is 0 Å². The maximum atomic E-state index is 12.8. The molecule has 0 aliphatic carbocycles. The maximum Gasteiger partial charge on any atom is 0.407 e. The summed E-state index contributed by atoms with van der Waals surface area (Å²) in [4.78, 5) is 29.3. The van der Waals surface area contributed by atoms with Crippen molar-refractivity contribution in [2.24, 2.45) is 0 Å². The van der Waals surface area contributed by atoms with Crippen molar-refractivity contribution < 1.29 is 14.7 Å². The van der Waals surface area contributed by atoms with Crippen molar-refractivity contribution in [3.8, 4) is 0 Å². The zero-order chi connectivity index (χ0) is 16.6. The second-order valence-electron chi connectivity index (χ2n) is 6.51. The van der Waals surface area contributed by atoms with Crippen molar-refractivity contribution in [2.75, 3.05) is 38.6 Å². The lowest BCUT2D eigenvalue weighted by Gasteiger charge is -2.40. The van der Waals surface area contributed by atoms with E-state index < -0.39 is 6.09 Å². The normalized spacial score (nSPS) is 21.1. The molecule has 0 spiro atoms. The highest BCUT2D eigenvalue weighted by atomic mass is 16.4. The smallest absolute Gasteiger partial charge is 0.407 e. The Bertz CT molecular complexity index is 630. The highest BCUT2D eigenvalue weighted by Gasteiger charge is 2.33. The van der Waals surface area contributed by atoms with Crippen LogP contribution in [0.25, 0.3) is 0 Å². The van der Waals surface area contributed by atoms with Crippen LogP contribution < -0.4 is 4.90 Å². The Morgan fingerprint density at radius 3 is 2.78 bits per heavy atom. The van der Waals surface area contributed by atoms with Crippen LogP contribution in [0, 0.1) is 0 Å². The van der Waals surface area contributed by atoms with Gasteiger partial charge in [0.15, 0.2) is 0 Å². The molecular weight excluding hydrogens is 294 g/mol. The van der Waals surface area contributed by atoms with E-state index in [1.54, 1.807) is 0 Å². The number of hydrogen-bond donors (Lipinski definition) is 1. The van der Waals surface area contributed by atoms with Gasteiger partial charge < -0.3 is 19.8 Å². The van der Waals surface area contributed by atoms with Gasteiger partial charge in [-0.15, -0.1) is 0 Å². The molecule has 1 N–H and O–H groups in total. The lowest BCUT2D eigenvalue weighted by atomic mass is 9.94. The Hall–Kier alpha value is -2.24. The van der Waals surface area contributed by atoms with Gasteiger partial charge in [0.2, 0.25) is 0 Å². The molecule has 0 bridgehead atoms. The highest BCUT2D eigenvalue weighted by Crippen LogP contribution is 2.27. The van der Waals surface area contributed by atoms with E-state index in [4.69, 9.17) is 0 Å². The monoisotopic (exact) mass is 317 g/mol. The summed E-state index contributed by atoms with van der Waals surface area (Å²) >= 11 is 0. The van der Waals surface area contributed by atoms with Crippen LogP contribution in [0.5, 0.6) is 0 Å². The van der Waals surface area contributed by atoms with Crippen LogP contribution in [-0.2, 0) is 6.42 Å². The van der Waals surface area contributed by atoms with E-state index in [0.717, 1.165) is 36.1 Å². The van der Waals surface area contributed by atoms with Crippen molar-refractivity contribution in [1.82, 2.24) is 9.80 Å². The SMILES string of the molecule is CN(C)c1ccc2c(c1)CCN([C@@H]1CCCN(C(=O)O)C1)C2=O. The number of rotatable bonds is 2.